The number of anilines is 2. The van der Waals surface area contributed by atoms with Gasteiger partial charge in [-0.3, -0.25) is 9.59 Å². The van der Waals surface area contributed by atoms with Crippen molar-refractivity contribution in [3.05, 3.63) is 90.0 Å². The lowest BCUT2D eigenvalue weighted by molar-refractivity contribution is -0.115. The molecule has 0 bridgehead atoms. The molecular formula is C23H22N2O2S. The van der Waals surface area contributed by atoms with E-state index < -0.39 is 0 Å². The number of benzene rings is 3. The van der Waals surface area contributed by atoms with E-state index in [1.165, 1.54) is 11.8 Å². The zero-order valence-corrected chi connectivity index (χ0v) is 16.6. The molecule has 4 nitrogen and oxygen atoms in total. The molecule has 1 atom stereocenters. The molecule has 0 aliphatic heterocycles. The fraction of sp³-hybridized carbons (Fsp3) is 0.130. The third-order valence-electron chi connectivity index (χ3n) is 4.10. The molecular weight excluding hydrogens is 368 g/mol. The van der Waals surface area contributed by atoms with Crippen LogP contribution in [0, 0.1) is 6.92 Å². The van der Waals surface area contributed by atoms with Crippen molar-refractivity contribution in [2.75, 3.05) is 10.6 Å². The van der Waals surface area contributed by atoms with Crippen LogP contribution in [0.2, 0.25) is 0 Å². The number of carbonyl (C=O) groups excluding carboxylic acids is 2. The van der Waals surface area contributed by atoms with Crippen molar-refractivity contribution < 1.29 is 9.59 Å². The van der Waals surface area contributed by atoms with Crippen LogP contribution in [0.4, 0.5) is 11.4 Å². The summed E-state index contributed by atoms with van der Waals surface area (Å²) < 4.78 is 0. The van der Waals surface area contributed by atoms with Crippen molar-refractivity contribution in [3.8, 4) is 0 Å². The Morgan fingerprint density at radius 1 is 0.821 bits per heavy atom. The summed E-state index contributed by atoms with van der Waals surface area (Å²) in [5.41, 5.74) is 3.13. The summed E-state index contributed by atoms with van der Waals surface area (Å²) in [5, 5.41) is 5.55. The van der Waals surface area contributed by atoms with Crippen LogP contribution < -0.4 is 10.6 Å². The molecule has 0 saturated heterocycles. The molecule has 0 saturated carbocycles. The highest BCUT2D eigenvalue weighted by Crippen LogP contribution is 2.27. The second-order valence-corrected chi connectivity index (χ2v) is 7.88. The van der Waals surface area contributed by atoms with E-state index in [2.05, 4.69) is 10.6 Å². The maximum atomic E-state index is 12.4. The first-order chi connectivity index (χ1) is 13.5. The van der Waals surface area contributed by atoms with Crippen molar-refractivity contribution in [1.82, 2.24) is 0 Å². The van der Waals surface area contributed by atoms with E-state index in [-0.39, 0.29) is 17.1 Å². The monoisotopic (exact) mass is 390 g/mol. The average molecular weight is 391 g/mol. The maximum absolute atomic E-state index is 12.4. The van der Waals surface area contributed by atoms with Crippen LogP contribution in [0.25, 0.3) is 0 Å². The molecule has 0 heterocycles. The number of thioether (sulfide) groups is 1. The molecule has 3 aromatic rings. The Kier molecular flexibility index (Phi) is 6.50. The second kappa shape index (κ2) is 9.24. The molecule has 2 N–H and O–H groups in total. The van der Waals surface area contributed by atoms with E-state index >= 15 is 0 Å². The number of hydrogen-bond acceptors (Lipinski definition) is 3. The number of carbonyl (C=O) groups is 2. The van der Waals surface area contributed by atoms with Gasteiger partial charge in [0.25, 0.3) is 5.91 Å². The lowest BCUT2D eigenvalue weighted by Crippen LogP contribution is -2.22. The van der Waals surface area contributed by atoms with Gasteiger partial charge >= 0.3 is 0 Å². The molecule has 1 unspecified atom stereocenters. The van der Waals surface area contributed by atoms with Crippen LogP contribution in [0.15, 0.2) is 83.8 Å². The summed E-state index contributed by atoms with van der Waals surface area (Å²) in [6, 6.07) is 24.4. The first kappa shape index (κ1) is 19.7. The van der Waals surface area contributed by atoms with Gasteiger partial charge in [-0.15, -0.1) is 11.8 Å². The first-order valence-electron chi connectivity index (χ1n) is 9.02. The van der Waals surface area contributed by atoms with Gasteiger partial charge in [-0.1, -0.05) is 42.0 Å². The summed E-state index contributed by atoms with van der Waals surface area (Å²) in [4.78, 5) is 25.7. The number of nitrogens with one attached hydrogen (secondary N) is 2. The van der Waals surface area contributed by atoms with Crippen LogP contribution in [0.3, 0.4) is 0 Å². The van der Waals surface area contributed by atoms with E-state index in [1.54, 1.807) is 6.07 Å². The molecule has 3 aromatic carbocycles. The Bertz CT molecular complexity index is 973. The van der Waals surface area contributed by atoms with Crippen LogP contribution >= 0.6 is 11.8 Å². The topological polar surface area (TPSA) is 58.2 Å². The average Bonchev–Trinajstić information content (AvgIpc) is 2.69. The van der Waals surface area contributed by atoms with Gasteiger partial charge in [0.15, 0.2) is 0 Å². The molecule has 0 spiro atoms. The lowest BCUT2D eigenvalue weighted by atomic mass is 10.1. The van der Waals surface area contributed by atoms with E-state index in [0.29, 0.717) is 11.3 Å². The molecule has 0 aromatic heterocycles. The maximum Gasteiger partial charge on any atom is 0.255 e. The summed E-state index contributed by atoms with van der Waals surface area (Å²) in [7, 11) is 0. The molecule has 0 radical (unpaired) electrons. The molecule has 3 rings (SSSR count). The van der Waals surface area contributed by atoms with Gasteiger partial charge in [-0.05, 0) is 56.3 Å². The van der Waals surface area contributed by atoms with E-state index in [4.69, 9.17) is 0 Å². The lowest BCUT2D eigenvalue weighted by Gasteiger charge is -2.13. The minimum Gasteiger partial charge on any atom is -0.325 e. The molecule has 5 heteroatoms. The highest BCUT2D eigenvalue weighted by Gasteiger charge is 2.15. The minimum atomic E-state index is -0.275. The van der Waals surface area contributed by atoms with Crippen molar-refractivity contribution >= 4 is 35.0 Å². The Balaban J connectivity index is 1.62. The molecule has 142 valence electrons. The quantitative estimate of drug-likeness (QED) is 0.557. The van der Waals surface area contributed by atoms with Gasteiger partial charge in [-0.2, -0.15) is 0 Å². The Hall–Kier alpha value is -3.05. The SMILES string of the molecule is Cc1cccc(C(=O)Nc2cccc(SC(C)C(=O)Nc3ccccc3)c2)c1. The number of amides is 2. The molecule has 0 aliphatic rings. The van der Waals surface area contributed by atoms with Crippen LogP contribution in [-0.4, -0.2) is 17.1 Å². The van der Waals surface area contributed by atoms with Crippen molar-refractivity contribution in [2.45, 2.75) is 24.0 Å². The highest BCUT2D eigenvalue weighted by atomic mass is 32.2. The summed E-state index contributed by atoms with van der Waals surface area (Å²) in [5.74, 6) is -0.217. The van der Waals surface area contributed by atoms with Crippen LogP contribution in [0.1, 0.15) is 22.8 Å². The third kappa shape index (κ3) is 5.47. The summed E-state index contributed by atoms with van der Waals surface area (Å²) in [6.07, 6.45) is 0. The standard InChI is InChI=1S/C23H22N2O2S/c1-16-8-6-9-18(14-16)23(27)25-20-12-7-13-21(15-20)28-17(2)22(26)24-19-10-4-3-5-11-19/h3-15,17H,1-2H3,(H,24,26)(H,25,27). The van der Waals surface area contributed by atoms with E-state index in [0.717, 1.165) is 16.1 Å². The Morgan fingerprint density at radius 2 is 1.54 bits per heavy atom. The fourth-order valence-corrected chi connectivity index (χ4v) is 3.59. The number of para-hydroxylation sites is 1. The minimum absolute atomic E-state index is 0.0644. The first-order valence-corrected chi connectivity index (χ1v) is 9.90. The highest BCUT2D eigenvalue weighted by molar-refractivity contribution is 8.00. The van der Waals surface area contributed by atoms with Crippen LogP contribution in [-0.2, 0) is 4.79 Å². The largest absolute Gasteiger partial charge is 0.325 e. The Morgan fingerprint density at radius 3 is 2.29 bits per heavy atom. The normalized spacial score (nSPS) is 11.5. The molecule has 2 amide bonds. The van der Waals surface area contributed by atoms with Gasteiger partial charge in [0, 0.05) is 21.8 Å². The predicted octanol–water partition coefficient (Wildman–Crippen LogP) is 5.37. The van der Waals surface area contributed by atoms with Crippen molar-refractivity contribution in [3.63, 3.8) is 0 Å². The fourth-order valence-electron chi connectivity index (χ4n) is 2.66. The van der Waals surface area contributed by atoms with Gasteiger partial charge in [0.2, 0.25) is 5.91 Å². The van der Waals surface area contributed by atoms with E-state index in [1.807, 2.05) is 86.6 Å². The van der Waals surface area contributed by atoms with Gasteiger partial charge < -0.3 is 10.6 Å². The number of aryl methyl sites for hydroxylation is 1. The zero-order chi connectivity index (χ0) is 19.9. The van der Waals surface area contributed by atoms with Crippen molar-refractivity contribution in [1.29, 1.82) is 0 Å². The Labute approximate surface area is 169 Å². The molecule has 0 fully saturated rings. The van der Waals surface area contributed by atoms with Gasteiger partial charge in [-0.25, -0.2) is 0 Å². The zero-order valence-electron chi connectivity index (χ0n) is 15.8. The van der Waals surface area contributed by atoms with E-state index in [9.17, 15) is 9.59 Å². The smallest absolute Gasteiger partial charge is 0.255 e. The summed E-state index contributed by atoms with van der Waals surface area (Å²) in [6.45, 7) is 3.82. The molecule has 0 aliphatic carbocycles. The summed E-state index contributed by atoms with van der Waals surface area (Å²) >= 11 is 1.45. The van der Waals surface area contributed by atoms with Gasteiger partial charge in [0.1, 0.15) is 0 Å². The number of rotatable bonds is 6. The third-order valence-corrected chi connectivity index (χ3v) is 5.19. The number of hydrogen-bond donors (Lipinski definition) is 2. The second-order valence-electron chi connectivity index (χ2n) is 6.47. The van der Waals surface area contributed by atoms with Gasteiger partial charge in [0.05, 0.1) is 5.25 Å². The molecule has 28 heavy (non-hydrogen) atoms. The van der Waals surface area contributed by atoms with Crippen molar-refractivity contribution in [2.24, 2.45) is 0 Å². The van der Waals surface area contributed by atoms with Crippen LogP contribution in [0.5, 0.6) is 0 Å². The predicted molar refractivity (Wildman–Crippen MR) is 116 cm³/mol.